The van der Waals surface area contributed by atoms with Gasteiger partial charge in [0.05, 0.1) is 0 Å². The van der Waals surface area contributed by atoms with Gasteiger partial charge in [0.2, 0.25) is 10.7 Å². The van der Waals surface area contributed by atoms with Crippen molar-refractivity contribution in [3.8, 4) is 0 Å². The number of hydrogen-bond donors (Lipinski definition) is 3. The van der Waals surface area contributed by atoms with Crippen molar-refractivity contribution in [2.45, 2.75) is 147 Å². The summed E-state index contributed by atoms with van der Waals surface area (Å²) < 4.78 is 61.4. The second-order valence-corrected chi connectivity index (χ2v) is 30.0. The maximum atomic E-state index is 12.9. The molecule has 2 heterocycles. The molecule has 8 rings (SSSR count). The topological polar surface area (TPSA) is 201 Å². The molecule has 4 N–H and O–H groups in total. The normalized spacial score (nSPS) is 15.3. The Morgan fingerprint density at radius 2 is 1.17 bits per heavy atom. The van der Waals surface area contributed by atoms with Crippen LogP contribution in [0, 0.1) is 0 Å². The van der Waals surface area contributed by atoms with Gasteiger partial charge >= 0.3 is 0 Å². The van der Waals surface area contributed by atoms with Crippen LogP contribution in [-0.2, 0) is 82.9 Å². The van der Waals surface area contributed by atoms with Crippen molar-refractivity contribution in [2.24, 2.45) is 0 Å². The number of nitrogens with one attached hydrogen (secondary N) is 2. The van der Waals surface area contributed by atoms with Crippen LogP contribution in [-0.4, -0.2) is 146 Å². The van der Waals surface area contributed by atoms with Gasteiger partial charge < -0.3 is 25.6 Å². The first-order valence-electron chi connectivity index (χ1n) is 25.1. The summed E-state index contributed by atoms with van der Waals surface area (Å²) in [5.41, 5.74) is 20.0. The third kappa shape index (κ3) is 13.8. The molecule has 69 heavy (non-hydrogen) atoms. The molecule has 0 bridgehead atoms. The van der Waals surface area contributed by atoms with Gasteiger partial charge in [-0.1, -0.05) is 59.5 Å². The number of benzene rings is 2. The Bertz CT molecular complexity index is 2510. The molecule has 0 radical (unpaired) electrons. The number of sulfonamides is 2. The highest BCUT2D eigenvalue weighted by atomic mass is 79.9. The van der Waals surface area contributed by atoms with Crippen LogP contribution in [0.5, 0.6) is 0 Å². The number of nitrogens with zero attached hydrogens (tertiary/aromatic N) is 9. The average molecular weight is 1080 g/mol. The third-order valence-electron chi connectivity index (χ3n) is 14.1. The van der Waals surface area contributed by atoms with Gasteiger partial charge in [-0.3, -0.25) is 0 Å². The molecule has 0 saturated heterocycles. The van der Waals surface area contributed by atoms with Crippen LogP contribution in [0.15, 0.2) is 27.2 Å². The molecule has 0 aliphatic heterocycles. The van der Waals surface area contributed by atoms with Crippen LogP contribution in [0.3, 0.4) is 0 Å². The second kappa shape index (κ2) is 24.4. The lowest BCUT2D eigenvalue weighted by atomic mass is 9.99. The molecule has 2 aromatic heterocycles. The summed E-state index contributed by atoms with van der Waals surface area (Å²) in [6.07, 6.45) is 14.2. The quantitative estimate of drug-likeness (QED) is 0.0436. The number of aromatic amines is 1. The van der Waals surface area contributed by atoms with Gasteiger partial charge in [-0.05, 0) is 170 Å². The molecule has 2 aromatic carbocycles. The number of halogens is 1. The number of anilines is 3. The average Bonchev–Trinajstić information content (AvgIpc) is 4.18. The van der Waals surface area contributed by atoms with E-state index in [1.54, 1.807) is 14.1 Å². The molecule has 4 aliphatic carbocycles. The van der Waals surface area contributed by atoms with Crippen molar-refractivity contribution in [3.05, 3.63) is 61.4 Å². The molecule has 0 unspecified atom stereocenters. The van der Waals surface area contributed by atoms with Crippen molar-refractivity contribution < 1.29 is 21.6 Å². The number of H-pyrrole nitrogens is 1. The van der Waals surface area contributed by atoms with Crippen LogP contribution in [0.4, 0.5) is 17.3 Å². The Balaban J connectivity index is 0.000000182. The lowest BCUT2D eigenvalue weighted by Gasteiger charge is -2.22. The van der Waals surface area contributed by atoms with Crippen molar-refractivity contribution in [3.63, 3.8) is 0 Å². The minimum Gasteiger partial charge on any atom is -0.398 e. The fourth-order valence-corrected chi connectivity index (χ4v) is 13.0. The number of fused-ring (bicyclic) bond motifs is 4. The zero-order valence-electron chi connectivity index (χ0n) is 42.8. The van der Waals surface area contributed by atoms with Crippen LogP contribution in [0.25, 0.3) is 0 Å². The summed E-state index contributed by atoms with van der Waals surface area (Å²) >= 11 is 3.17. The Hall–Kier alpha value is -3.28. The van der Waals surface area contributed by atoms with Crippen molar-refractivity contribution >= 4 is 61.4 Å². The van der Waals surface area contributed by atoms with E-state index in [0.29, 0.717) is 38.7 Å². The largest absolute Gasteiger partial charge is 0.398 e. The van der Waals surface area contributed by atoms with E-state index in [0.717, 1.165) is 82.1 Å². The van der Waals surface area contributed by atoms with E-state index in [-0.39, 0.29) is 21.8 Å². The molecule has 0 spiro atoms. The van der Waals surface area contributed by atoms with Gasteiger partial charge in [-0.15, -0.1) is 10.2 Å². The molecule has 4 aromatic rings. The smallest absolute Gasteiger partial charge is 0.278 e. The van der Waals surface area contributed by atoms with E-state index in [1.165, 1.54) is 96.3 Å². The molecular weight excluding hydrogens is 997 g/mol. The number of rotatable bonds is 21. The van der Waals surface area contributed by atoms with E-state index in [1.807, 2.05) is 0 Å². The number of nitrogen functional groups attached to an aromatic ring is 1. The molecule has 0 saturated carbocycles. The molecule has 0 amide bonds. The SMILES string of the molecule is CCN(CC)CCN(C)S(=O)(=O)c1nc(Br)nn1COCC[Si](C)(C)C.CCN(CC)CCN(C)S(=O)(=O)c1nc(Nc2c3c(cc4c2CCC4)CCC3)n[nH]1.Nc1c2c(cc3c1CCC3)CCC2. The number of aromatic nitrogens is 6. The van der Waals surface area contributed by atoms with Crippen molar-refractivity contribution in [1.82, 2.24) is 48.4 Å². The summed E-state index contributed by atoms with van der Waals surface area (Å²) in [6.45, 7) is 21.4. The Morgan fingerprint density at radius 3 is 1.65 bits per heavy atom. The molecule has 21 heteroatoms. The predicted octanol–water partition coefficient (Wildman–Crippen LogP) is 7.05. The van der Waals surface area contributed by atoms with Gasteiger partial charge in [-0.25, -0.2) is 26.6 Å². The standard InChI is InChI=1S/C21H32N6O2S.C15H32BrN5O3SSi.C12H15N/c1-4-27(5-2)13-12-26(3)30(28,29)21-23-20(24-25-21)22-19-17-10-6-8-15(17)14-16-9-7-11-18(16)19;1-7-20(8-2)10-9-19(3)25(22,23)15-17-14(16)18-21(15)13-24-11-12-26(4,5)6;13-12-10-5-1-3-8(10)7-9-4-2-6-11(9)12/h14H,4-13H2,1-3H3,(H2,22,23,24,25);7-13H2,1-6H3;7H,1-6,13H2. The maximum Gasteiger partial charge on any atom is 0.278 e. The van der Waals surface area contributed by atoms with E-state index in [9.17, 15) is 16.8 Å². The maximum absolute atomic E-state index is 12.9. The first-order chi connectivity index (χ1) is 32.8. The fourth-order valence-electron chi connectivity index (χ4n) is 9.63. The van der Waals surface area contributed by atoms with E-state index in [4.69, 9.17) is 10.5 Å². The minimum atomic E-state index is -3.73. The molecule has 0 fully saturated rings. The van der Waals surface area contributed by atoms with E-state index < -0.39 is 28.1 Å². The van der Waals surface area contributed by atoms with Gasteiger partial charge in [0.15, 0.2) is 0 Å². The molecule has 0 atom stereocenters. The summed E-state index contributed by atoms with van der Waals surface area (Å²) in [4.78, 5) is 12.7. The van der Waals surface area contributed by atoms with Gasteiger partial charge in [0.25, 0.3) is 30.4 Å². The summed E-state index contributed by atoms with van der Waals surface area (Å²) in [7, 11) is -5.48. The van der Waals surface area contributed by atoms with Crippen LogP contribution < -0.4 is 11.1 Å². The zero-order chi connectivity index (χ0) is 50.1. The number of aryl methyl sites for hydroxylation is 4. The zero-order valence-corrected chi connectivity index (χ0v) is 47.0. The van der Waals surface area contributed by atoms with Gasteiger partial charge in [-0.2, -0.15) is 18.6 Å². The first kappa shape index (κ1) is 55.0. The van der Waals surface area contributed by atoms with E-state index >= 15 is 0 Å². The summed E-state index contributed by atoms with van der Waals surface area (Å²) in [6, 6.07) is 5.80. The fraction of sp³-hybridized carbons (Fsp3) is 0.667. The van der Waals surface area contributed by atoms with Crippen LogP contribution >= 0.6 is 15.9 Å². The number of likely N-dealkylation sites (N-methyl/N-ethyl adjacent to an activating group) is 4. The monoisotopic (exact) mass is 1070 g/mol. The van der Waals surface area contributed by atoms with Crippen LogP contribution in [0.2, 0.25) is 25.7 Å². The number of hydrogen-bond acceptors (Lipinski definition) is 13. The highest BCUT2D eigenvalue weighted by Crippen LogP contribution is 2.40. The second-order valence-electron chi connectivity index (χ2n) is 19.8. The highest BCUT2D eigenvalue weighted by molar-refractivity contribution is 9.10. The molecule has 384 valence electrons. The molecule has 17 nitrogen and oxygen atoms in total. The highest BCUT2D eigenvalue weighted by Gasteiger charge is 2.30. The Morgan fingerprint density at radius 1 is 0.710 bits per heavy atom. The van der Waals surface area contributed by atoms with Crippen LogP contribution in [0.1, 0.15) is 97.9 Å². The van der Waals surface area contributed by atoms with Gasteiger partial charge in [0, 0.05) is 66.3 Å². The van der Waals surface area contributed by atoms with E-state index in [2.05, 4.69) is 116 Å². The predicted molar refractivity (Wildman–Crippen MR) is 282 cm³/mol. The molecular formula is C48H79BrN12O5S2Si. The van der Waals surface area contributed by atoms with Gasteiger partial charge in [0.1, 0.15) is 6.73 Å². The number of ether oxygens (including phenoxy) is 1. The lowest BCUT2D eigenvalue weighted by molar-refractivity contribution is 0.0709. The van der Waals surface area contributed by atoms with Crippen molar-refractivity contribution in [1.29, 1.82) is 0 Å². The Kier molecular flexibility index (Phi) is 19.5. The number of nitrogens with two attached hydrogens (primary N) is 1. The Labute approximate surface area is 422 Å². The van der Waals surface area contributed by atoms with Crippen molar-refractivity contribution in [2.75, 3.05) is 84.1 Å². The first-order valence-corrected chi connectivity index (χ1v) is 32.5. The summed E-state index contributed by atoms with van der Waals surface area (Å²) in [5, 5.41) is 14.1. The third-order valence-corrected chi connectivity index (χ3v) is 19.5. The minimum absolute atomic E-state index is 0.0710. The molecule has 4 aliphatic rings. The lowest BCUT2D eigenvalue weighted by Crippen LogP contribution is -2.37. The summed E-state index contributed by atoms with van der Waals surface area (Å²) in [5.74, 6) is 0.320.